The Bertz CT molecular complexity index is 532. The van der Waals surface area contributed by atoms with Crippen molar-refractivity contribution < 1.29 is 0 Å². The maximum atomic E-state index is 4.82. The van der Waals surface area contributed by atoms with Crippen LogP contribution in [0.25, 0.3) is 10.9 Å². The highest BCUT2D eigenvalue weighted by Gasteiger charge is 2.07. The minimum Gasteiger partial charge on any atom is -0.385 e. The van der Waals surface area contributed by atoms with Crippen LogP contribution < -0.4 is 5.32 Å². The number of benzene rings is 1. The Balaban J connectivity index is 2.64. The summed E-state index contributed by atoms with van der Waals surface area (Å²) in [6.45, 7) is 7.45. The second-order valence-corrected chi connectivity index (χ2v) is 4.61. The summed E-state index contributed by atoms with van der Waals surface area (Å²) < 4.78 is 0. The molecular weight excluding hydrogens is 220 g/mol. The number of para-hydroxylation sites is 1. The normalized spacial score (nSPS) is 10.8. The molecule has 1 aromatic heterocycles. The lowest BCUT2D eigenvalue weighted by Crippen LogP contribution is -2.01. The number of anilines is 1. The molecule has 2 rings (SSSR count). The van der Waals surface area contributed by atoms with Crippen molar-refractivity contribution in [1.29, 1.82) is 0 Å². The van der Waals surface area contributed by atoms with Crippen LogP contribution in [0.4, 0.5) is 5.69 Å². The lowest BCUT2D eigenvalue weighted by molar-refractivity contribution is 0.923. The Morgan fingerprint density at radius 3 is 2.67 bits per heavy atom. The van der Waals surface area contributed by atoms with E-state index < -0.39 is 0 Å². The van der Waals surface area contributed by atoms with Gasteiger partial charge in [-0.15, -0.1) is 0 Å². The zero-order valence-electron chi connectivity index (χ0n) is 11.6. The zero-order chi connectivity index (χ0) is 13.0. The third-order valence-electron chi connectivity index (χ3n) is 3.22. The van der Waals surface area contributed by atoms with Gasteiger partial charge in [-0.3, -0.25) is 4.98 Å². The molecule has 0 radical (unpaired) electrons. The Labute approximate surface area is 109 Å². The summed E-state index contributed by atoms with van der Waals surface area (Å²) in [5.41, 5.74) is 4.93. The van der Waals surface area contributed by atoms with Gasteiger partial charge in [-0.2, -0.15) is 0 Å². The van der Waals surface area contributed by atoms with Crippen molar-refractivity contribution in [1.82, 2.24) is 4.98 Å². The second kappa shape index (κ2) is 5.85. The topological polar surface area (TPSA) is 24.9 Å². The van der Waals surface area contributed by atoms with Gasteiger partial charge in [0.25, 0.3) is 0 Å². The minimum atomic E-state index is 0.945. The van der Waals surface area contributed by atoms with Gasteiger partial charge in [-0.05, 0) is 31.4 Å². The van der Waals surface area contributed by atoms with Crippen LogP contribution in [0.15, 0.2) is 24.3 Å². The minimum absolute atomic E-state index is 0.945. The highest BCUT2D eigenvalue weighted by Crippen LogP contribution is 2.26. The molecule has 0 amide bonds. The smallest absolute Gasteiger partial charge is 0.0758 e. The molecule has 0 atom stereocenters. The molecule has 2 aromatic rings. The van der Waals surface area contributed by atoms with Crippen molar-refractivity contribution in [2.24, 2.45) is 0 Å². The second-order valence-electron chi connectivity index (χ2n) is 4.61. The molecule has 0 aliphatic heterocycles. The van der Waals surface area contributed by atoms with Crippen molar-refractivity contribution in [2.75, 3.05) is 11.9 Å². The molecule has 0 bridgehead atoms. The van der Waals surface area contributed by atoms with Crippen LogP contribution in [0.3, 0.4) is 0 Å². The van der Waals surface area contributed by atoms with E-state index in [1.807, 2.05) is 0 Å². The van der Waals surface area contributed by atoms with Gasteiger partial charge in [0.15, 0.2) is 0 Å². The lowest BCUT2D eigenvalue weighted by Gasteiger charge is -2.12. The number of aryl methyl sites for hydroxylation is 2. The van der Waals surface area contributed by atoms with E-state index in [1.165, 1.54) is 27.8 Å². The van der Waals surface area contributed by atoms with Crippen molar-refractivity contribution in [3.63, 3.8) is 0 Å². The third kappa shape index (κ3) is 2.47. The summed E-state index contributed by atoms with van der Waals surface area (Å²) in [5, 5.41) is 4.70. The summed E-state index contributed by atoms with van der Waals surface area (Å²) in [6.07, 6.45) is 3.24. The Kier molecular flexibility index (Phi) is 4.19. The van der Waals surface area contributed by atoms with Crippen LogP contribution in [-0.2, 0) is 12.8 Å². The first-order chi connectivity index (χ1) is 8.80. The number of aromatic nitrogens is 1. The van der Waals surface area contributed by atoms with Crippen LogP contribution in [0.5, 0.6) is 0 Å². The first-order valence-electron chi connectivity index (χ1n) is 6.95. The van der Waals surface area contributed by atoms with E-state index in [-0.39, 0.29) is 0 Å². The first-order valence-corrected chi connectivity index (χ1v) is 6.95. The summed E-state index contributed by atoms with van der Waals surface area (Å²) in [7, 11) is 0. The van der Waals surface area contributed by atoms with Gasteiger partial charge in [0.05, 0.1) is 5.52 Å². The molecule has 0 fully saturated rings. The fourth-order valence-corrected chi connectivity index (χ4v) is 2.35. The predicted octanol–water partition coefficient (Wildman–Crippen LogP) is 4.18. The molecule has 0 aliphatic carbocycles. The van der Waals surface area contributed by atoms with Gasteiger partial charge >= 0.3 is 0 Å². The number of nitrogens with zero attached hydrogens (tertiary/aromatic N) is 1. The van der Waals surface area contributed by atoms with Crippen LogP contribution in [0, 0.1) is 0 Å². The Morgan fingerprint density at radius 2 is 2.00 bits per heavy atom. The molecule has 0 unspecified atom stereocenters. The molecule has 0 saturated carbocycles. The van der Waals surface area contributed by atoms with Crippen LogP contribution in [0.2, 0.25) is 0 Å². The van der Waals surface area contributed by atoms with E-state index >= 15 is 0 Å². The number of rotatable bonds is 5. The van der Waals surface area contributed by atoms with Crippen LogP contribution >= 0.6 is 0 Å². The number of hydrogen-bond acceptors (Lipinski definition) is 2. The van der Waals surface area contributed by atoms with Gasteiger partial charge < -0.3 is 5.32 Å². The van der Waals surface area contributed by atoms with Gasteiger partial charge in [-0.1, -0.05) is 38.5 Å². The molecule has 18 heavy (non-hydrogen) atoms. The summed E-state index contributed by atoms with van der Waals surface area (Å²) >= 11 is 0. The number of hydrogen-bond donors (Lipinski definition) is 1. The zero-order valence-corrected chi connectivity index (χ0v) is 11.6. The Hall–Kier alpha value is -1.57. The molecule has 1 N–H and O–H groups in total. The molecule has 0 aliphatic rings. The molecule has 0 spiro atoms. The summed E-state index contributed by atoms with van der Waals surface area (Å²) in [5.74, 6) is 0. The van der Waals surface area contributed by atoms with Gasteiger partial charge in [0.2, 0.25) is 0 Å². The Morgan fingerprint density at radius 1 is 1.17 bits per heavy atom. The molecule has 1 aromatic carbocycles. The average Bonchev–Trinajstić information content (AvgIpc) is 2.40. The van der Waals surface area contributed by atoms with Gasteiger partial charge in [-0.25, -0.2) is 0 Å². The summed E-state index contributed by atoms with van der Waals surface area (Å²) in [4.78, 5) is 4.82. The maximum absolute atomic E-state index is 4.82. The quantitative estimate of drug-likeness (QED) is 0.850. The van der Waals surface area contributed by atoms with Crippen LogP contribution in [0.1, 0.15) is 38.4 Å². The van der Waals surface area contributed by atoms with E-state index in [9.17, 15) is 0 Å². The molecule has 2 heteroatoms. The predicted molar refractivity (Wildman–Crippen MR) is 79.3 cm³/mol. The van der Waals surface area contributed by atoms with Gasteiger partial charge in [0.1, 0.15) is 0 Å². The van der Waals surface area contributed by atoms with Crippen LogP contribution in [-0.4, -0.2) is 11.5 Å². The number of pyridine rings is 1. The molecular formula is C16H22N2. The molecule has 1 heterocycles. The average molecular weight is 242 g/mol. The standard InChI is InChI=1S/C16H22N2/c1-4-8-12-9-7-10-14-15(17-6-3)11-13(5-2)18-16(12)14/h7,9-11H,4-6,8H2,1-3H3,(H,17,18). The SMILES string of the molecule is CCCc1cccc2c(NCC)cc(CC)nc12. The van der Waals surface area contributed by atoms with E-state index in [1.54, 1.807) is 0 Å². The van der Waals surface area contributed by atoms with Crippen molar-refractivity contribution in [3.05, 3.63) is 35.5 Å². The highest BCUT2D eigenvalue weighted by atomic mass is 14.9. The third-order valence-corrected chi connectivity index (χ3v) is 3.22. The fraction of sp³-hybridized carbons (Fsp3) is 0.438. The lowest BCUT2D eigenvalue weighted by atomic mass is 10.0. The van der Waals surface area contributed by atoms with E-state index in [0.717, 1.165) is 25.8 Å². The van der Waals surface area contributed by atoms with Crippen molar-refractivity contribution in [2.45, 2.75) is 40.0 Å². The van der Waals surface area contributed by atoms with Gasteiger partial charge in [0, 0.05) is 23.3 Å². The molecule has 96 valence electrons. The number of fused-ring (bicyclic) bond motifs is 1. The molecule has 2 nitrogen and oxygen atoms in total. The summed E-state index contributed by atoms with van der Waals surface area (Å²) in [6, 6.07) is 8.69. The monoisotopic (exact) mass is 242 g/mol. The highest BCUT2D eigenvalue weighted by molar-refractivity contribution is 5.93. The van der Waals surface area contributed by atoms with E-state index in [0.29, 0.717) is 0 Å². The largest absolute Gasteiger partial charge is 0.385 e. The molecule has 0 saturated heterocycles. The van der Waals surface area contributed by atoms with E-state index in [2.05, 4.69) is 50.4 Å². The number of nitrogens with one attached hydrogen (secondary N) is 1. The first kappa shape index (κ1) is 12.9. The fourth-order valence-electron chi connectivity index (χ4n) is 2.35. The van der Waals surface area contributed by atoms with Crippen molar-refractivity contribution in [3.8, 4) is 0 Å². The maximum Gasteiger partial charge on any atom is 0.0758 e. The van der Waals surface area contributed by atoms with Crippen molar-refractivity contribution >= 4 is 16.6 Å². The van der Waals surface area contributed by atoms with E-state index in [4.69, 9.17) is 4.98 Å².